The summed E-state index contributed by atoms with van der Waals surface area (Å²) in [6.45, 7) is 3.78. The number of hydrogen-bond donors (Lipinski definition) is 0. The van der Waals surface area contributed by atoms with Crippen LogP contribution in [-0.4, -0.2) is 13.0 Å². The summed E-state index contributed by atoms with van der Waals surface area (Å²) in [6, 6.07) is 15.3. The molecule has 2 rings (SSSR count). The normalized spacial score (nSPS) is 10.0. The van der Waals surface area contributed by atoms with E-state index in [0.717, 1.165) is 14.8 Å². The summed E-state index contributed by atoms with van der Waals surface area (Å²) in [5.74, 6) is -0.0145. The van der Waals surface area contributed by atoms with Crippen molar-refractivity contribution in [2.24, 2.45) is 0 Å². The molecule has 3 heteroatoms. The number of benzene rings is 2. The number of nitrogens with zero attached hydrogens (tertiary/aromatic N) is 1. The van der Waals surface area contributed by atoms with Gasteiger partial charge in [-0.2, -0.15) is 0 Å². The smallest absolute Gasteiger partial charge is 0.259 e. The molecule has 0 fully saturated rings. The number of anilines is 1. The summed E-state index contributed by atoms with van der Waals surface area (Å²) < 4.78 is 0.952. The summed E-state index contributed by atoms with van der Waals surface area (Å²) in [5.41, 5.74) is 2.52. The summed E-state index contributed by atoms with van der Waals surface area (Å²) in [7, 11) is 1.79. The van der Waals surface area contributed by atoms with Crippen LogP contribution in [0, 0.1) is 3.57 Å². The Morgan fingerprint density at radius 2 is 1.79 bits per heavy atom. The predicted molar refractivity (Wildman–Crippen MR) is 88.4 cm³/mol. The van der Waals surface area contributed by atoms with Crippen molar-refractivity contribution in [2.45, 2.75) is 0 Å². The van der Waals surface area contributed by atoms with E-state index in [2.05, 4.69) is 29.2 Å². The molecule has 0 saturated heterocycles. The third-order valence-electron chi connectivity index (χ3n) is 2.93. The Labute approximate surface area is 126 Å². The second-order valence-corrected chi connectivity index (χ2v) is 5.27. The average molecular weight is 363 g/mol. The van der Waals surface area contributed by atoms with E-state index >= 15 is 0 Å². The molecule has 0 radical (unpaired) electrons. The molecular formula is C16H14INO. The molecule has 0 atom stereocenters. The minimum Gasteiger partial charge on any atom is -0.311 e. The topological polar surface area (TPSA) is 20.3 Å². The lowest BCUT2D eigenvalue weighted by Gasteiger charge is -2.20. The van der Waals surface area contributed by atoms with Crippen molar-refractivity contribution in [1.82, 2.24) is 0 Å². The van der Waals surface area contributed by atoms with Gasteiger partial charge in [-0.25, -0.2) is 0 Å². The zero-order valence-corrected chi connectivity index (χ0v) is 12.8. The van der Waals surface area contributed by atoms with Crippen LogP contribution in [0.5, 0.6) is 0 Å². The van der Waals surface area contributed by atoms with Gasteiger partial charge in [-0.3, -0.25) is 4.79 Å². The van der Waals surface area contributed by atoms with Crippen molar-refractivity contribution >= 4 is 40.3 Å². The second kappa shape index (κ2) is 6.02. The van der Waals surface area contributed by atoms with E-state index in [1.165, 1.54) is 0 Å². The van der Waals surface area contributed by atoms with Crippen LogP contribution in [-0.2, 0) is 0 Å². The number of amides is 1. The Balaban J connectivity index is 2.39. The molecule has 96 valence electrons. The zero-order valence-electron chi connectivity index (χ0n) is 10.6. The number of rotatable bonds is 3. The van der Waals surface area contributed by atoms with Crippen LogP contribution in [0.2, 0.25) is 0 Å². The summed E-state index contributed by atoms with van der Waals surface area (Å²) in [5, 5.41) is 0. The molecule has 0 aliphatic rings. The summed E-state index contributed by atoms with van der Waals surface area (Å²) in [4.78, 5) is 14.2. The van der Waals surface area contributed by atoms with E-state index in [1.807, 2.05) is 48.5 Å². The highest BCUT2D eigenvalue weighted by atomic mass is 127. The number of para-hydroxylation sites is 1. The zero-order chi connectivity index (χ0) is 13.8. The third kappa shape index (κ3) is 2.87. The fourth-order valence-corrected chi connectivity index (χ4v) is 2.51. The maximum absolute atomic E-state index is 12.5. The molecule has 2 aromatic carbocycles. The van der Waals surface area contributed by atoms with Crippen molar-refractivity contribution in [1.29, 1.82) is 0 Å². The van der Waals surface area contributed by atoms with Crippen LogP contribution in [0.1, 0.15) is 15.9 Å². The third-order valence-corrected chi connectivity index (χ3v) is 3.87. The quantitative estimate of drug-likeness (QED) is 0.749. The van der Waals surface area contributed by atoms with E-state index in [9.17, 15) is 4.79 Å². The minimum absolute atomic E-state index is 0.0145. The van der Waals surface area contributed by atoms with Crippen LogP contribution < -0.4 is 4.90 Å². The van der Waals surface area contributed by atoms with E-state index < -0.39 is 0 Å². The molecule has 2 nitrogen and oxygen atoms in total. The molecule has 0 aliphatic heterocycles. The first kappa shape index (κ1) is 13.8. The number of carbonyl (C=O) groups excluding carboxylic acids is 1. The Morgan fingerprint density at radius 1 is 1.16 bits per heavy atom. The van der Waals surface area contributed by atoms with Crippen molar-refractivity contribution < 1.29 is 4.79 Å². The molecule has 0 spiro atoms. The predicted octanol–water partition coefficient (Wildman–Crippen LogP) is 4.21. The molecule has 0 aliphatic carbocycles. The Hall–Kier alpha value is -1.62. The first-order valence-electron chi connectivity index (χ1n) is 5.89. The van der Waals surface area contributed by atoms with E-state index in [0.29, 0.717) is 5.56 Å². The van der Waals surface area contributed by atoms with Gasteiger partial charge < -0.3 is 4.90 Å². The summed E-state index contributed by atoms with van der Waals surface area (Å²) in [6.07, 6.45) is 1.76. The standard InChI is InChI=1S/C16H14INO/c1-3-12-8-4-7-11-15(12)18(2)16(19)13-9-5-6-10-14(13)17/h3-11H,1H2,2H3. The fourth-order valence-electron chi connectivity index (χ4n) is 1.89. The number of carbonyl (C=O) groups is 1. The van der Waals surface area contributed by atoms with Crippen molar-refractivity contribution in [3.63, 3.8) is 0 Å². The van der Waals surface area contributed by atoms with Gasteiger partial charge >= 0.3 is 0 Å². The molecular weight excluding hydrogens is 349 g/mol. The van der Waals surface area contributed by atoms with Gasteiger partial charge in [-0.05, 0) is 46.4 Å². The van der Waals surface area contributed by atoms with Gasteiger partial charge in [0.25, 0.3) is 5.91 Å². The maximum atomic E-state index is 12.5. The second-order valence-electron chi connectivity index (χ2n) is 4.11. The Bertz CT molecular complexity index is 622. The lowest BCUT2D eigenvalue weighted by atomic mass is 10.1. The highest BCUT2D eigenvalue weighted by Crippen LogP contribution is 2.23. The SMILES string of the molecule is C=Cc1ccccc1N(C)C(=O)c1ccccc1I. The lowest BCUT2D eigenvalue weighted by Crippen LogP contribution is -2.27. The van der Waals surface area contributed by atoms with Gasteiger partial charge in [0.1, 0.15) is 0 Å². The summed E-state index contributed by atoms with van der Waals surface area (Å²) >= 11 is 2.18. The molecule has 0 aromatic heterocycles. The molecule has 0 heterocycles. The van der Waals surface area contributed by atoms with Gasteiger partial charge in [0.2, 0.25) is 0 Å². The van der Waals surface area contributed by atoms with Crippen LogP contribution in [0.3, 0.4) is 0 Å². The van der Waals surface area contributed by atoms with Gasteiger partial charge in [0.05, 0.1) is 11.3 Å². The average Bonchev–Trinajstić information content (AvgIpc) is 2.46. The van der Waals surface area contributed by atoms with Gasteiger partial charge in [-0.1, -0.05) is 43.0 Å². The van der Waals surface area contributed by atoms with Crippen LogP contribution in [0.4, 0.5) is 5.69 Å². The largest absolute Gasteiger partial charge is 0.311 e. The van der Waals surface area contributed by atoms with Gasteiger partial charge in [0, 0.05) is 10.6 Å². The molecule has 2 aromatic rings. The highest BCUT2D eigenvalue weighted by Gasteiger charge is 2.17. The molecule has 0 bridgehead atoms. The Morgan fingerprint density at radius 3 is 2.47 bits per heavy atom. The van der Waals surface area contributed by atoms with Crippen molar-refractivity contribution in [2.75, 3.05) is 11.9 Å². The molecule has 0 unspecified atom stereocenters. The molecule has 0 saturated carbocycles. The van der Waals surface area contributed by atoms with Gasteiger partial charge in [0.15, 0.2) is 0 Å². The first-order chi connectivity index (χ1) is 9.15. The number of halogens is 1. The van der Waals surface area contributed by atoms with Crippen molar-refractivity contribution in [3.05, 3.63) is 69.8 Å². The fraction of sp³-hybridized carbons (Fsp3) is 0.0625. The van der Waals surface area contributed by atoms with Crippen LogP contribution in [0.15, 0.2) is 55.1 Å². The van der Waals surface area contributed by atoms with Crippen LogP contribution in [0.25, 0.3) is 6.08 Å². The lowest BCUT2D eigenvalue weighted by molar-refractivity contribution is 0.0992. The first-order valence-corrected chi connectivity index (χ1v) is 6.97. The van der Waals surface area contributed by atoms with Crippen molar-refractivity contribution in [3.8, 4) is 0 Å². The van der Waals surface area contributed by atoms with E-state index in [-0.39, 0.29) is 5.91 Å². The Kier molecular flexibility index (Phi) is 4.37. The minimum atomic E-state index is -0.0145. The highest BCUT2D eigenvalue weighted by molar-refractivity contribution is 14.1. The van der Waals surface area contributed by atoms with Gasteiger partial charge in [-0.15, -0.1) is 0 Å². The maximum Gasteiger partial charge on any atom is 0.259 e. The molecule has 1 amide bonds. The van der Waals surface area contributed by atoms with Crippen LogP contribution >= 0.6 is 22.6 Å². The monoisotopic (exact) mass is 363 g/mol. The molecule has 19 heavy (non-hydrogen) atoms. The van der Waals surface area contributed by atoms with E-state index in [4.69, 9.17) is 0 Å². The number of hydrogen-bond acceptors (Lipinski definition) is 1. The molecule has 0 N–H and O–H groups in total. The van der Waals surface area contributed by atoms with E-state index in [1.54, 1.807) is 18.0 Å².